The van der Waals surface area contributed by atoms with E-state index in [2.05, 4.69) is 15.4 Å². The maximum Gasteiger partial charge on any atom is 0.414 e. The number of alkyl carbamates (subject to hydrolysis) is 1. The molecule has 0 unspecified atom stereocenters. The van der Waals surface area contributed by atoms with Crippen molar-refractivity contribution in [3.05, 3.63) is 40.8 Å². The van der Waals surface area contributed by atoms with Gasteiger partial charge < -0.3 is 19.5 Å². The zero-order valence-electron chi connectivity index (χ0n) is 14.5. The Bertz CT molecular complexity index is 795. The van der Waals surface area contributed by atoms with Gasteiger partial charge in [-0.25, -0.2) is 4.79 Å². The largest absolute Gasteiger partial charge is 0.496 e. The van der Waals surface area contributed by atoms with E-state index in [0.717, 1.165) is 11.3 Å². The second kappa shape index (κ2) is 8.86. The fourth-order valence-corrected chi connectivity index (χ4v) is 2.93. The minimum absolute atomic E-state index is 0.139. The van der Waals surface area contributed by atoms with E-state index in [0.29, 0.717) is 11.5 Å². The molecule has 0 fully saturated rings. The number of anilines is 1. The van der Waals surface area contributed by atoms with E-state index in [1.54, 1.807) is 30.5 Å². The quantitative estimate of drug-likeness (QED) is 0.801. The van der Waals surface area contributed by atoms with Crippen molar-refractivity contribution < 1.29 is 28.6 Å². The lowest BCUT2D eigenvalue weighted by atomic mass is 10.1. The van der Waals surface area contributed by atoms with Crippen LogP contribution in [0, 0.1) is 0 Å². The van der Waals surface area contributed by atoms with Crippen molar-refractivity contribution in [1.29, 1.82) is 0 Å². The molecule has 3 amide bonds. The Labute approximate surface area is 154 Å². The second-order valence-corrected chi connectivity index (χ2v) is 5.75. The molecule has 1 heterocycles. The van der Waals surface area contributed by atoms with Gasteiger partial charge in [-0.3, -0.25) is 14.9 Å². The third-order valence-corrected chi connectivity index (χ3v) is 4.11. The van der Waals surface area contributed by atoms with Crippen molar-refractivity contribution in [3.63, 3.8) is 0 Å². The lowest BCUT2D eigenvalue weighted by molar-refractivity contribution is 0.0926. The van der Waals surface area contributed by atoms with E-state index in [1.165, 1.54) is 20.3 Å². The fourth-order valence-electron chi connectivity index (χ4n) is 2.15. The molecular weight excluding hydrogens is 360 g/mol. The molecule has 0 aliphatic carbocycles. The van der Waals surface area contributed by atoms with Crippen LogP contribution in [-0.4, -0.2) is 38.7 Å². The molecule has 0 radical (unpaired) electrons. The summed E-state index contributed by atoms with van der Waals surface area (Å²) >= 11 is 1.14. The smallest absolute Gasteiger partial charge is 0.414 e. The number of carbonyl (C=O) groups excluding carboxylic acids is 3. The predicted octanol–water partition coefficient (Wildman–Crippen LogP) is 2.90. The molecule has 1 aromatic carbocycles. The molecule has 8 nitrogen and oxygen atoms in total. The highest BCUT2D eigenvalue weighted by atomic mass is 32.1. The summed E-state index contributed by atoms with van der Waals surface area (Å²) in [6.45, 7) is 1.76. The van der Waals surface area contributed by atoms with Gasteiger partial charge >= 0.3 is 6.09 Å². The van der Waals surface area contributed by atoms with Crippen molar-refractivity contribution in [2.45, 2.75) is 6.92 Å². The van der Waals surface area contributed by atoms with Gasteiger partial charge in [0.2, 0.25) is 0 Å². The van der Waals surface area contributed by atoms with Crippen LogP contribution >= 0.6 is 11.3 Å². The summed E-state index contributed by atoms with van der Waals surface area (Å²) in [5.41, 5.74) is 0.341. The van der Waals surface area contributed by atoms with Crippen LogP contribution in [0.4, 0.5) is 9.80 Å². The van der Waals surface area contributed by atoms with Gasteiger partial charge in [-0.1, -0.05) is 6.07 Å². The summed E-state index contributed by atoms with van der Waals surface area (Å²) in [6.07, 6.45) is -0.854. The Kier molecular flexibility index (Phi) is 6.56. The Morgan fingerprint density at radius 2 is 1.69 bits per heavy atom. The van der Waals surface area contributed by atoms with E-state index in [9.17, 15) is 14.4 Å². The average molecular weight is 378 g/mol. The number of carbonyl (C=O) groups is 3. The molecule has 2 aromatic rings. The molecule has 9 heteroatoms. The standard InChI is InChI=1S/C17H18N2O6S/c1-4-25-17(22)19-14(20)10-8-9-26-16(10)18-15(21)13-11(23-2)6-5-7-12(13)24-3/h5-9H,4H2,1-3H3,(H,18,21)(H,19,20,22). The summed E-state index contributed by atoms with van der Waals surface area (Å²) in [7, 11) is 2.88. The zero-order valence-corrected chi connectivity index (χ0v) is 15.3. The number of rotatable bonds is 6. The van der Waals surface area contributed by atoms with Crippen LogP contribution in [0.25, 0.3) is 0 Å². The van der Waals surface area contributed by atoms with Crippen LogP contribution in [0.5, 0.6) is 11.5 Å². The van der Waals surface area contributed by atoms with E-state index < -0.39 is 17.9 Å². The van der Waals surface area contributed by atoms with Crippen LogP contribution in [0.1, 0.15) is 27.6 Å². The normalized spacial score (nSPS) is 9.96. The second-order valence-electron chi connectivity index (χ2n) is 4.83. The van der Waals surface area contributed by atoms with E-state index >= 15 is 0 Å². The topological polar surface area (TPSA) is 103 Å². The first-order chi connectivity index (χ1) is 12.5. The molecule has 0 aliphatic rings. The first kappa shape index (κ1) is 19.3. The number of ether oxygens (including phenoxy) is 3. The molecule has 138 valence electrons. The number of hydrogen-bond acceptors (Lipinski definition) is 7. The van der Waals surface area contributed by atoms with Crippen molar-refractivity contribution in [3.8, 4) is 11.5 Å². The molecule has 0 aliphatic heterocycles. The molecule has 1 aromatic heterocycles. The molecule has 2 N–H and O–H groups in total. The third-order valence-electron chi connectivity index (χ3n) is 3.28. The van der Waals surface area contributed by atoms with Crippen molar-refractivity contribution in [2.75, 3.05) is 26.1 Å². The van der Waals surface area contributed by atoms with Gasteiger partial charge in [0.05, 0.1) is 26.4 Å². The molecule has 2 rings (SSSR count). The molecule has 26 heavy (non-hydrogen) atoms. The van der Waals surface area contributed by atoms with Crippen LogP contribution < -0.4 is 20.1 Å². The van der Waals surface area contributed by atoms with Gasteiger partial charge in [-0.15, -0.1) is 11.3 Å². The Morgan fingerprint density at radius 1 is 1.04 bits per heavy atom. The minimum atomic E-state index is -0.854. The SMILES string of the molecule is CCOC(=O)NC(=O)c1ccsc1NC(=O)c1c(OC)cccc1OC. The summed E-state index contributed by atoms with van der Waals surface area (Å²) in [4.78, 5) is 36.3. The van der Waals surface area contributed by atoms with Gasteiger partial charge in [0, 0.05) is 0 Å². The average Bonchev–Trinajstić information content (AvgIpc) is 3.09. The third kappa shape index (κ3) is 4.31. The first-order valence-corrected chi connectivity index (χ1v) is 8.47. The van der Waals surface area contributed by atoms with Gasteiger partial charge in [0.25, 0.3) is 11.8 Å². The molecule has 0 saturated carbocycles. The van der Waals surface area contributed by atoms with E-state index in [-0.39, 0.29) is 22.7 Å². The summed E-state index contributed by atoms with van der Waals surface area (Å²) in [5.74, 6) is -0.522. The Morgan fingerprint density at radius 3 is 2.27 bits per heavy atom. The lowest BCUT2D eigenvalue weighted by Gasteiger charge is -2.13. The number of imide groups is 1. The highest BCUT2D eigenvalue weighted by molar-refractivity contribution is 7.14. The minimum Gasteiger partial charge on any atom is -0.496 e. The fraction of sp³-hybridized carbons (Fsp3) is 0.235. The van der Waals surface area contributed by atoms with E-state index in [4.69, 9.17) is 9.47 Å². The van der Waals surface area contributed by atoms with Crippen LogP contribution in [0.3, 0.4) is 0 Å². The van der Waals surface area contributed by atoms with E-state index in [1.807, 2.05) is 0 Å². The highest BCUT2D eigenvalue weighted by Gasteiger charge is 2.22. The number of nitrogens with one attached hydrogen (secondary N) is 2. The van der Waals surface area contributed by atoms with Crippen molar-refractivity contribution in [1.82, 2.24) is 5.32 Å². The molecule has 0 atom stereocenters. The maximum atomic E-state index is 12.7. The van der Waals surface area contributed by atoms with Crippen molar-refractivity contribution >= 4 is 34.2 Å². The van der Waals surface area contributed by atoms with Crippen molar-refractivity contribution in [2.24, 2.45) is 0 Å². The number of amides is 3. The van der Waals surface area contributed by atoms with Crippen LogP contribution in [-0.2, 0) is 4.74 Å². The lowest BCUT2D eigenvalue weighted by Crippen LogP contribution is -2.31. The number of hydrogen-bond donors (Lipinski definition) is 2. The molecular formula is C17H18N2O6S. The monoisotopic (exact) mass is 378 g/mol. The first-order valence-electron chi connectivity index (χ1n) is 7.59. The Hall–Kier alpha value is -3.07. The van der Waals surface area contributed by atoms with Gasteiger partial charge in [-0.2, -0.15) is 0 Å². The van der Waals surface area contributed by atoms with Gasteiger partial charge in [0.15, 0.2) is 0 Å². The Balaban J connectivity index is 2.23. The number of benzene rings is 1. The van der Waals surface area contributed by atoms with Crippen LogP contribution in [0.2, 0.25) is 0 Å². The summed E-state index contributed by atoms with van der Waals surface area (Å²) in [6, 6.07) is 6.44. The zero-order chi connectivity index (χ0) is 19.1. The maximum absolute atomic E-state index is 12.7. The highest BCUT2D eigenvalue weighted by Crippen LogP contribution is 2.31. The molecule has 0 spiro atoms. The van der Waals surface area contributed by atoms with Gasteiger partial charge in [-0.05, 0) is 30.5 Å². The van der Waals surface area contributed by atoms with Crippen LogP contribution in [0.15, 0.2) is 29.6 Å². The molecule has 0 bridgehead atoms. The predicted molar refractivity (Wildman–Crippen MR) is 96.3 cm³/mol. The number of thiophene rings is 1. The summed E-state index contributed by atoms with van der Waals surface area (Å²) < 4.78 is 15.1. The number of methoxy groups -OCH3 is 2. The molecule has 0 saturated heterocycles. The van der Waals surface area contributed by atoms with Gasteiger partial charge in [0.1, 0.15) is 22.1 Å². The summed E-state index contributed by atoms with van der Waals surface area (Å²) in [5, 5.41) is 6.64.